The van der Waals surface area contributed by atoms with Crippen LogP contribution in [0, 0.1) is 0 Å². The van der Waals surface area contributed by atoms with Gasteiger partial charge in [-0.15, -0.1) is 0 Å². The van der Waals surface area contributed by atoms with Gasteiger partial charge < -0.3 is 0 Å². The highest BCUT2D eigenvalue weighted by molar-refractivity contribution is 5.12. The molecule has 1 atom stereocenters. The minimum atomic E-state index is -1.05. The average molecular weight is 196 g/mol. The summed E-state index contributed by atoms with van der Waals surface area (Å²) in [4.78, 5) is 0. The van der Waals surface area contributed by atoms with Crippen molar-refractivity contribution in [1.29, 1.82) is 0 Å². The van der Waals surface area contributed by atoms with Crippen LogP contribution in [-0.4, -0.2) is 5.67 Å². The van der Waals surface area contributed by atoms with Crippen LogP contribution < -0.4 is 0 Å². The Morgan fingerprint density at radius 1 is 1.29 bits per heavy atom. The lowest BCUT2D eigenvalue weighted by molar-refractivity contribution is 0.197. The molecule has 0 saturated heterocycles. The van der Waals surface area contributed by atoms with Crippen LogP contribution in [0.3, 0.4) is 0 Å². The predicted molar refractivity (Wildman–Crippen MR) is 60.1 cm³/mol. The molecule has 1 aliphatic carbocycles. The molecule has 0 aliphatic heterocycles. The van der Waals surface area contributed by atoms with Gasteiger partial charge in [0.25, 0.3) is 0 Å². The molecule has 1 rings (SSSR count). The lowest BCUT2D eigenvalue weighted by Crippen LogP contribution is -2.15. The van der Waals surface area contributed by atoms with Crippen molar-refractivity contribution in [3.8, 4) is 0 Å². The van der Waals surface area contributed by atoms with Gasteiger partial charge in [-0.25, -0.2) is 4.39 Å². The lowest BCUT2D eigenvalue weighted by Gasteiger charge is -2.16. The topological polar surface area (TPSA) is 0 Å². The maximum atomic E-state index is 13.9. The van der Waals surface area contributed by atoms with Crippen LogP contribution in [0.1, 0.15) is 52.9 Å². The normalized spacial score (nSPS) is 37.1. The minimum absolute atomic E-state index is 0.562. The molecule has 0 saturated carbocycles. The van der Waals surface area contributed by atoms with Crippen molar-refractivity contribution in [1.82, 2.24) is 0 Å². The maximum absolute atomic E-state index is 13.9. The van der Waals surface area contributed by atoms with Crippen LogP contribution in [0.2, 0.25) is 0 Å². The number of halogens is 1. The number of rotatable bonds is 1. The molecule has 0 fully saturated rings. The zero-order chi connectivity index (χ0) is 10.6. The molecule has 0 amide bonds. The van der Waals surface area contributed by atoms with E-state index < -0.39 is 5.67 Å². The Kier molecular flexibility index (Phi) is 3.91. The summed E-state index contributed by atoms with van der Waals surface area (Å²) in [6, 6.07) is 0. The van der Waals surface area contributed by atoms with Crippen LogP contribution >= 0.6 is 0 Å². The van der Waals surface area contributed by atoms with Gasteiger partial charge in [0.05, 0.1) is 0 Å². The van der Waals surface area contributed by atoms with Crippen molar-refractivity contribution >= 4 is 0 Å². The summed E-state index contributed by atoms with van der Waals surface area (Å²) >= 11 is 0. The van der Waals surface area contributed by atoms with Gasteiger partial charge in [-0.05, 0) is 46.0 Å². The van der Waals surface area contributed by atoms with E-state index in [1.807, 2.05) is 0 Å². The van der Waals surface area contributed by atoms with Crippen LogP contribution in [-0.2, 0) is 0 Å². The molecule has 0 spiro atoms. The van der Waals surface area contributed by atoms with Crippen molar-refractivity contribution in [2.24, 2.45) is 0 Å². The quantitative estimate of drug-likeness (QED) is 0.539. The van der Waals surface area contributed by atoms with E-state index in [1.54, 1.807) is 6.92 Å². The molecule has 1 unspecified atom stereocenters. The van der Waals surface area contributed by atoms with E-state index in [-0.39, 0.29) is 0 Å². The lowest BCUT2D eigenvalue weighted by atomic mass is 9.98. The van der Waals surface area contributed by atoms with Crippen molar-refractivity contribution in [3.63, 3.8) is 0 Å². The molecule has 0 aromatic heterocycles. The van der Waals surface area contributed by atoms with Crippen LogP contribution in [0.25, 0.3) is 0 Å². The van der Waals surface area contributed by atoms with Crippen molar-refractivity contribution in [3.05, 3.63) is 23.3 Å². The predicted octanol–water partition coefficient (Wildman–Crippen LogP) is 4.57. The molecule has 80 valence electrons. The first kappa shape index (κ1) is 11.5. The molecule has 0 aromatic rings. The Morgan fingerprint density at radius 3 is 2.57 bits per heavy atom. The van der Waals surface area contributed by atoms with E-state index in [0.29, 0.717) is 12.8 Å². The fraction of sp³-hybridized carbons (Fsp3) is 0.692. The minimum Gasteiger partial charge on any atom is -0.244 e. The van der Waals surface area contributed by atoms with Gasteiger partial charge in [-0.2, -0.15) is 0 Å². The first-order valence-corrected chi connectivity index (χ1v) is 5.56. The zero-order valence-corrected chi connectivity index (χ0v) is 9.57. The van der Waals surface area contributed by atoms with E-state index in [2.05, 4.69) is 26.0 Å². The van der Waals surface area contributed by atoms with Gasteiger partial charge in [-0.3, -0.25) is 0 Å². The monoisotopic (exact) mass is 196 g/mol. The molecular formula is C13H21F. The Labute approximate surface area is 86.9 Å². The highest BCUT2D eigenvalue weighted by Crippen LogP contribution is 2.27. The summed E-state index contributed by atoms with van der Waals surface area (Å²) in [7, 11) is 0. The molecule has 0 aromatic carbocycles. The Morgan fingerprint density at radius 2 is 1.93 bits per heavy atom. The third kappa shape index (κ3) is 3.65. The van der Waals surface area contributed by atoms with E-state index in [4.69, 9.17) is 0 Å². The molecule has 1 aliphatic rings. The first-order chi connectivity index (χ1) is 6.53. The third-order valence-electron chi connectivity index (χ3n) is 2.99. The highest BCUT2D eigenvalue weighted by atomic mass is 19.1. The highest BCUT2D eigenvalue weighted by Gasteiger charge is 2.21. The third-order valence-corrected chi connectivity index (χ3v) is 2.99. The van der Waals surface area contributed by atoms with Crippen molar-refractivity contribution in [2.75, 3.05) is 0 Å². The van der Waals surface area contributed by atoms with Gasteiger partial charge in [0, 0.05) is 0 Å². The number of hydrogen-bond acceptors (Lipinski definition) is 0. The van der Waals surface area contributed by atoms with Crippen molar-refractivity contribution in [2.45, 2.75) is 58.5 Å². The molecular weight excluding hydrogens is 175 g/mol. The van der Waals surface area contributed by atoms with Crippen LogP contribution in [0.5, 0.6) is 0 Å². The van der Waals surface area contributed by atoms with Crippen molar-refractivity contribution < 1.29 is 4.39 Å². The molecule has 14 heavy (non-hydrogen) atoms. The summed E-state index contributed by atoms with van der Waals surface area (Å²) in [6.45, 7) is 5.96. The maximum Gasteiger partial charge on any atom is 0.115 e. The van der Waals surface area contributed by atoms with Gasteiger partial charge in [0.1, 0.15) is 5.67 Å². The summed E-state index contributed by atoms with van der Waals surface area (Å²) in [5.41, 5.74) is 1.69. The van der Waals surface area contributed by atoms with Gasteiger partial charge in [-0.1, -0.05) is 30.2 Å². The second-order valence-electron chi connectivity index (χ2n) is 4.59. The summed E-state index contributed by atoms with van der Waals surface area (Å²) in [5, 5.41) is 0. The molecule has 0 heterocycles. The van der Waals surface area contributed by atoms with Gasteiger partial charge >= 0.3 is 0 Å². The fourth-order valence-corrected chi connectivity index (χ4v) is 1.71. The van der Waals surface area contributed by atoms with E-state index in [0.717, 1.165) is 19.3 Å². The van der Waals surface area contributed by atoms with Gasteiger partial charge in [0.15, 0.2) is 0 Å². The number of hydrogen-bond donors (Lipinski definition) is 0. The largest absolute Gasteiger partial charge is 0.244 e. The summed E-state index contributed by atoms with van der Waals surface area (Å²) < 4.78 is 13.9. The standard InChI is InChI=1S/C13H21F/c1-4-12-6-5-11(2)7-9-13(3,14)10-8-12/h7-8H,4-6,9-10H2,1-3H3/b11-7+,12-8-. The van der Waals surface area contributed by atoms with Crippen LogP contribution in [0.4, 0.5) is 4.39 Å². The second kappa shape index (κ2) is 4.77. The van der Waals surface area contributed by atoms with E-state index in [9.17, 15) is 4.39 Å². The van der Waals surface area contributed by atoms with E-state index in [1.165, 1.54) is 11.1 Å². The van der Waals surface area contributed by atoms with E-state index >= 15 is 0 Å². The molecule has 0 nitrogen and oxygen atoms in total. The number of alkyl halides is 1. The summed E-state index contributed by atoms with van der Waals surface area (Å²) in [6.07, 6.45) is 8.55. The molecule has 0 radical (unpaired) electrons. The van der Waals surface area contributed by atoms with Gasteiger partial charge in [0.2, 0.25) is 0 Å². The Bertz CT molecular complexity index is 246. The average Bonchev–Trinajstić information content (AvgIpc) is 2.19. The molecule has 0 N–H and O–H groups in total. The second-order valence-corrected chi connectivity index (χ2v) is 4.59. The number of allylic oxidation sites excluding steroid dienone is 4. The Balaban J connectivity index is 2.77. The first-order valence-electron chi connectivity index (χ1n) is 5.56. The zero-order valence-electron chi connectivity index (χ0n) is 9.57. The smallest absolute Gasteiger partial charge is 0.115 e. The molecule has 1 heteroatoms. The van der Waals surface area contributed by atoms with Crippen LogP contribution in [0.15, 0.2) is 23.3 Å². The summed E-state index contributed by atoms with van der Waals surface area (Å²) in [5.74, 6) is 0. The Hall–Kier alpha value is -0.590. The fourth-order valence-electron chi connectivity index (χ4n) is 1.71. The molecule has 0 bridgehead atoms. The SMILES string of the molecule is CC/C1=C/CC(C)(F)C/C=C(\C)CC1.